The van der Waals surface area contributed by atoms with Crippen molar-refractivity contribution in [3.05, 3.63) is 0 Å². The molecule has 3 atom stereocenters. The number of carboxylic acid groups (broad SMARTS) is 1. The monoisotopic (exact) mass is 202 g/mol. The van der Waals surface area contributed by atoms with Crippen LogP contribution in [0.4, 0.5) is 0 Å². The maximum Gasteiger partial charge on any atom is 0.321 e. The van der Waals surface area contributed by atoms with Gasteiger partial charge in [0.2, 0.25) is 0 Å². The Kier molecular flexibility index (Phi) is 4.31. The topological polar surface area (TPSA) is 95.6 Å². The summed E-state index contributed by atoms with van der Waals surface area (Å²) in [7, 11) is 0. The van der Waals surface area contributed by atoms with E-state index < -0.39 is 12.0 Å². The minimum absolute atomic E-state index is 0.167. The number of aliphatic hydroxyl groups excluding tert-OH is 1. The Balaban J connectivity index is 2.26. The molecule has 1 aliphatic rings. The third kappa shape index (κ3) is 2.94. The predicted molar refractivity (Wildman–Crippen MR) is 51.8 cm³/mol. The lowest BCUT2D eigenvalue weighted by atomic mass is 10.0. The molecule has 1 rings (SSSR count). The van der Waals surface area contributed by atoms with E-state index in [1.165, 1.54) is 0 Å². The van der Waals surface area contributed by atoms with Crippen LogP contribution < -0.4 is 11.1 Å². The van der Waals surface area contributed by atoms with E-state index in [1.807, 2.05) is 0 Å². The van der Waals surface area contributed by atoms with Gasteiger partial charge < -0.3 is 21.3 Å². The summed E-state index contributed by atoms with van der Waals surface area (Å²) in [5, 5.41) is 20.7. The van der Waals surface area contributed by atoms with Crippen LogP contribution in [0, 0.1) is 5.92 Å². The standard InChI is InChI=1S/C9H18N2O3/c10-7(9(13)14)4-11-8-3-1-2-6(8)5-12/h6-8,11-12H,1-5,10H2,(H,13,14). The molecule has 5 N–H and O–H groups in total. The van der Waals surface area contributed by atoms with Crippen LogP contribution >= 0.6 is 0 Å². The van der Waals surface area contributed by atoms with E-state index in [0.29, 0.717) is 0 Å². The normalized spacial score (nSPS) is 29.0. The van der Waals surface area contributed by atoms with E-state index in [4.69, 9.17) is 15.9 Å². The van der Waals surface area contributed by atoms with Crippen LogP contribution in [0.2, 0.25) is 0 Å². The first-order valence-corrected chi connectivity index (χ1v) is 4.97. The minimum Gasteiger partial charge on any atom is -0.480 e. The number of aliphatic hydroxyl groups is 1. The average Bonchev–Trinajstić information content (AvgIpc) is 2.60. The molecule has 0 amide bonds. The van der Waals surface area contributed by atoms with Gasteiger partial charge in [0, 0.05) is 19.2 Å². The number of aliphatic carboxylic acids is 1. The number of nitrogens with one attached hydrogen (secondary N) is 1. The van der Waals surface area contributed by atoms with E-state index in [2.05, 4.69) is 5.32 Å². The molecule has 0 heterocycles. The van der Waals surface area contributed by atoms with E-state index in [1.54, 1.807) is 0 Å². The van der Waals surface area contributed by atoms with E-state index in [9.17, 15) is 4.79 Å². The molecule has 0 saturated heterocycles. The first-order chi connectivity index (χ1) is 6.65. The highest BCUT2D eigenvalue weighted by molar-refractivity contribution is 5.73. The zero-order valence-electron chi connectivity index (χ0n) is 8.15. The Labute approximate surface area is 83.3 Å². The van der Waals surface area contributed by atoms with Gasteiger partial charge in [-0.25, -0.2) is 0 Å². The summed E-state index contributed by atoms with van der Waals surface area (Å²) in [6.07, 6.45) is 3.10. The molecular weight excluding hydrogens is 184 g/mol. The van der Waals surface area contributed by atoms with Crippen LogP contribution in [-0.2, 0) is 4.79 Å². The summed E-state index contributed by atoms with van der Waals surface area (Å²) in [6.45, 7) is 0.441. The molecule has 14 heavy (non-hydrogen) atoms. The quantitative estimate of drug-likeness (QED) is 0.466. The Morgan fingerprint density at radius 1 is 1.57 bits per heavy atom. The van der Waals surface area contributed by atoms with Gasteiger partial charge >= 0.3 is 5.97 Å². The van der Waals surface area contributed by atoms with Gasteiger partial charge in [0.15, 0.2) is 0 Å². The number of rotatable bonds is 5. The second-order valence-corrected chi connectivity index (χ2v) is 3.83. The van der Waals surface area contributed by atoms with Gasteiger partial charge in [0.1, 0.15) is 6.04 Å². The molecular formula is C9H18N2O3. The van der Waals surface area contributed by atoms with Crippen LogP contribution in [-0.4, -0.2) is 41.4 Å². The Hall–Kier alpha value is -0.650. The van der Waals surface area contributed by atoms with Crippen molar-refractivity contribution < 1.29 is 15.0 Å². The molecule has 0 aromatic heterocycles. The molecule has 0 aliphatic heterocycles. The molecule has 5 heteroatoms. The van der Waals surface area contributed by atoms with Gasteiger partial charge in [0.05, 0.1) is 0 Å². The van der Waals surface area contributed by atoms with Crippen molar-refractivity contribution in [1.29, 1.82) is 0 Å². The fourth-order valence-corrected chi connectivity index (χ4v) is 1.89. The van der Waals surface area contributed by atoms with Crippen LogP contribution in [0.3, 0.4) is 0 Å². The van der Waals surface area contributed by atoms with E-state index >= 15 is 0 Å². The third-order valence-electron chi connectivity index (χ3n) is 2.81. The minimum atomic E-state index is -0.990. The summed E-state index contributed by atoms with van der Waals surface area (Å²) < 4.78 is 0. The molecule has 5 nitrogen and oxygen atoms in total. The number of hydrogen-bond acceptors (Lipinski definition) is 4. The van der Waals surface area contributed by atoms with Crippen molar-refractivity contribution in [2.24, 2.45) is 11.7 Å². The Morgan fingerprint density at radius 2 is 2.29 bits per heavy atom. The third-order valence-corrected chi connectivity index (χ3v) is 2.81. The van der Waals surface area contributed by atoms with Crippen molar-refractivity contribution in [1.82, 2.24) is 5.32 Å². The zero-order valence-corrected chi connectivity index (χ0v) is 8.15. The van der Waals surface area contributed by atoms with Crippen LogP contribution in [0.25, 0.3) is 0 Å². The Morgan fingerprint density at radius 3 is 2.86 bits per heavy atom. The Bertz CT molecular complexity index is 198. The lowest BCUT2D eigenvalue weighted by molar-refractivity contribution is -0.138. The molecule has 3 unspecified atom stereocenters. The van der Waals surface area contributed by atoms with Gasteiger partial charge in [-0.1, -0.05) is 6.42 Å². The SMILES string of the molecule is NC(CNC1CCCC1CO)C(=O)O. The van der Waals surface area contributed by atoms with Crippen molar-refractivity contribution in [2.75, 3.05) is 13.2 Å². The largest absolute Gasteiger partial charge is 0.480 e. The highest BCUT2D eigenvalue weighted by Crippen LogP contribution is 2.24. The van der Waals surface area contributed by atoms with Gasteiger partial charge in [0.25, 0.3) is 0 Å². The van der Waals surface area contributed by atoms with Gasteiger partial charge in [-0.3, -0.25) is 4.79 Å². The smallest absolute Gasteiger partial charge is 0.321 e. The summed E-state index contributed by atoms with van der Waals surface area (Å²) in [6, 6.07) is -0.625. The van der Waals surface area contributed by atoms with E-state index in [0.717, 1.165) is 19.3 Å². The molecule has 0 aromatic rings. The zero-order chi connectivity index (χ0) is 10.6. The second kappa shape index (κ2) is 5.29. The van der Waals surface area contributed by atoms with Crippen molar-refractivity contribution in [3.63, 3.8) is 0 Å². The van der Waals surface area contributed by atoms with Crippen LogP contribution in [0.1, 0.15) is 19.3 Å². The number of carboxylic acids is 1. The molecule has 1 aliphatic carbocycles. The molecule has 0 bridgehead atoms. The molecule has 0 spiro atoms. The fourth-order valence-electron chi connectivity index (χ4n) is 1.89. The summed E-state index contributed by atoms with van der Waals surface area (Å²) in [5.41, 5.74) is 5.36. The van der Waals surface area contributed by atoms with Crippen molar-refractivity contribution in [3.8, 4) is 0 Å². The summed E-state index contributed by atoms with van der Waals surface area (Å²) in [5.74, 6) is -0.730. The van der Waals surface area contributed by atoms with Crippen LogP contribution in [0.15, 0.2) is 0 Å². The van der Waals surface area contributed by atoms with Gasteiger partial charge in [-0.05, 0) is 18.8 Å². The highest BCUT2D eigenvalue weighted by atomic mass is 16.4. The molecule has 0 aromatic carbocycles. The average molecular weight is 202 g/mol. The molecule has 1 saturated carbocycles. The van der Waals surface area contributed by atoms with Crippen LogP contribution in [0.5, 0.6) is 0 Å². The van der Waals surface area contributed by atoms with Crippen molar-refractivity contribution in [2.45, 2.75) is 31.3 Å². The molecule has 82 valence electrons. The number of hydrogen-bond donors (Lipinski definition) is 4. The predicted octanol–water partition coefficient (Wildman–Crippen LogP) is -0.851. The lowest BCUT2D eigenvalue weighted by Crippen LogP contribution is -2.45. The van der Waals surface area contributed by atoms with E-state index in [-0.39, 0.29) is 25.1 Å². The summed E-state index contributed by atoms with van der Waals surface area (Å²) >= 11 is 0. The molecule has 0 radical (unpaired) electrons. The summed E-state index contributed by atoms with van der Waals surface area (Å²) in [4.78, 5) is 10.4. The van der Waals surface area contributed by atoms with Gasteiger partial charge in [-0.15, -0.1) is 0 Å². The second-order valence-electron chi connectivity index (χ2n) is 3.83. The lowest BCUT2D eigenvalue weighted by Gasteiger charge is -2.20. The van der Waals surface area contributed by atoms with Gasteiger partial charge in [-0.2, -0.15) is 0 Å². The first kappa shape index (κ1) is 11.4. The fraction of sp³-hybridized carbons (Fsp3) is 0.889. The highest BCUT2D eigenvalue weighted by Gasteiger charge is 2.26. The maximum absolute atomic E-state index is 10.4. The number of carbonyl (C=O) groups is 1. The first-order valence-electron chi connectivity index (χ1n) is 4.97. The molecule has 1 fully saturated rings. The van der Waals surface area contributed by atoms with Crippen molar-refractivity contribution >= 4 is 5.97 Å². The maximum atomic E-state index is 10.4. The number of nitrogens with two attached hydrogens (primary N) is 1.